The summed E-state index contributed by atoms with van der Waals surface area (Å²) in [5.74, 6) is 0. The number of nitrogens with zero attached hydrogens (tertiary/aromatic N) is 1. The first-order valence-electron chi connectivity index (χ1n) is 11.7. The summed E-state index contributed by atoms with van der Waals surface area (Å²) >= 11 is 0. The van der Waals surface area contributed by atoms with Crippen molar-refractivity contribution in [2.75, 3.05) is 0 Å². The topological polar surface area (TPSA) is 4.93 Å². The fourth-order valence-corrected chi connectivity index (χ4v) is 7.76. The lowest BCUT2D eigenvalue weighted by atomic mass is 10.1. The summed E-state index contributed by atoms with van der Waals surface area (Å²) in [7, 11) is -0.562. The monoisotopic (exact) mass is 447 g/mol. The highest BCUT2D eigenvalue weighted by atomic mass is 32.2. The van der Waals surface area contributed by atoms with Gasteiger partial charge in [-0.05, 0) is 62.1 Å². The summed E-state index contributed by atoms with van der Waals surface area (Å²) < 4.78 is 2.62. The third-order valence-corrected chi connectivity index (χ3v) is 10.1. The van der Waals surface area contributed by atoms with Gasteiger partial charge in [-0.1, -0.05) is 75.5 Å². The first kappa shape index (κ1) is 20.8. The van der Waals surface area contributed by atoms with E-state index < -0.39 is 0 Å². The van der Waals surface area contributed by atoms with Crippen LogP contribution in [0.4, 0.5) is 0 Å². The second-order valence-electron chi connectivity index (χ2n) is 8.50. The molecule has 3 heteroatoms. The van der Waals surface area contributed by atoms with Gasteiger partial charge in [0.05, 0.1) is 11.0 Å². The van der Waals surface area contributed by atoms with Crippen LogP contribution in [-0.4, -0.2) is 4.57 Å². The van der Waals surface area contributed by atoms with E-state index in [2.05, 4.69) is 93.8 Å². The van der Waals surface area contributed by atoms with Crippen LogP contribution in [0.1, 0.15) is 45.4 Å². The van der Waals surface area contributed by atoms with Crippen LogP contribution in [0.5, 0.6) is 0 Å². The van der Waals surface area contributed by atoms with Crippen LogP contribution in [0, 0.1) is 0 Å². The molecule has 5 rings (SSSR count). The molecule has 0 unspecified atom stereocenters. The van der Waals surface area contributed by atoms with Gasteiger partial charge >= 0.3 is 0 Å². The van der Waals surface area contributed by atoms with E-state index in [4.69, 9.17) is 0 Å². The smallest absolute Gasteiger partial charge is 0.0502 e. The first-order valence-corrected chi connectivity index (χ1v) is 14.6. The quantitative estimate of drug-likeness (QED) is 0.238. The molecule has 3 heterocycles. The van der Waals surface area contributed by atoms with Crippen molar-refractivity contribution in [1.82, 2.24) is 4.57 Å². The molecule has 0 fully saturated rings. The highest BCUT2D eigenvalue weighted by molar-refractivity contribution is 8.22. The van der Waals surface area contributed by atoms with Crippen molar-refractivity contribution in [2.24, 2.45) is 0 Å². The Morgan fingerprint density at radius 2 is 1.10 bits per heavy atom. The summed E-state index contributed by atoms with van der Waals surface area (Å²) in [6.07, 6.45) is 16.8. The standard InChI is InChI=1S/C28H33NS2/c1-2-3-4-5-6-7-16-29-27-21-23(30-17-8-9-18-30)12-14-25(27)26-15-13-24(22-28(26)29)31-19-10-11-20-31/h8-15,17-22,30-31H,2-7,16H2,1H3. The molecule has 1 aromatic heterocycles. The Labute approximate surface area is 191 Å². The molecule has 1 nitrogen and oxygen atoms in total. The second kappa shape index (κ2) is 9.58. The molecule has 0 bridgehead atoms. The van der Waals surface area contributed by atoms with Gasteiger partial charge < -0.3 is 4.57 Å². The fraction of sp³-hybridized carbons (Fsp3) is 0.286. The number of fused-ring (bicyclic) bond motifs is 3. The van der Waals surface area contributed by atoms with E-state index in [0.717, 1.165) is 6.54 Å². The lowest BCUT2D eigenvalue weighted by Crippen LogP contribution is -1.98. The predicted octanol–water partition coefficient (Wildman–Crippen LogP) is 8.96. The maximum Gasteiger partial charge on any atom is 0.0502 e. The Bertz CT molecular complexity index is 1090. The van der Waals surface area contributed by atoms with E-state index in [0.29, 0.717) is 0 Å². The minimum Gasteiger partial charge on any atom is -0.340 e. The summed E-state index contributed by atoms with van der Waals surface area (Å²) in [5.41, 5.74) is 2.83. The van der Waals surface area contributed by atoms with Gasteiger partial charge in [0, 0.05) is 17.3 Å². The lowest BCUT2D eigenvalue weighted by molar-refractivity contribution is 0.571. The van der Waals surface area contributed by atoms with E-state index >= 15 is 0 Å². The summed E-state index contributed by atoms with van der Waals surface area (Å²) in [6, 6.07) is 14.4. The Morgan fingerprint density at radius 3 is 1.61 bits per heavy atom. The number of unbranched alkanes of at least 4 members (excludes halogenated alkanes) is 5. The van der Waals surface area contributed by atoms with Gasteiger partial charge in [0.25, 0.3) is 0 Å². The number of rotatable bonds is 9. The average molecular weight is 448 g/mol. The highest BCUT2D eigenvalue weighted by Gasteiger charge is 2.15. The van der Waals surface area contributed by atoms with Crippen molar-refractivity contribution in [3.63, 3.8) is 0 Å². The fourth-order valence-electron chi connectivity index (χ4n) is 4.70. The highest BCUT2D eigenvalue weighted by Crippen LogP contribution is 2.46. The molecule has 162 valence electrons. The Morgan fingerprint density at radius 1 is 0.613 bits per heavy atom. The molecular formula is C28H33NS2. The largest absolute Gasteiger partial charge is 0.340 e. The zero-order valence-corrected chi connectivity index (χ0v) is 20.2. The zero-order chi connectivity index (χ0) is 21.0. The average Bonchev–Trinajstić information content (AvgIpc) is 3.57. The van der Waals surface area contributed by atoms with Crippen molar-refractivity contribution in [3.05, 3.63) is 82.3 Å². The molecule has 0 spiro atoms. The van der Waals surface area contributed by atoms with E-state index in [1.807, 2.05) is 0 Å². The molecule has 0 radical (unpaired) electrons. The minimum absolute atomic E-state index is 0.281. The van der Waals surface area contributed by atoms with E-state index in [1.54, 1.807) is 0 Å². The molecular weight excluding hydrogens is 414 g/mol. The number of hydrogen-bond donors (Lipinski definition) is 2. The molecule has 0 saturated carbocycles. The number of benzene rings is 2. The van der Waals surface area contributed by atoms with Crippen LogP contribution in [0.25, 0.3) is 21.8 Å². The molecule has 3 aromatic rings. The molecule has 2 aliphatic rings. The van der Waals surface area contributed by atoms with E-state index in [1.165, 1.54) is 70.1 Å². The summed E-state index contributed by atoms with van der Waals surface area (Å²) in [5, 5.41) is 12.2. The van der Waals surface area contributed by atoms with Crippen LogP contribution in [-0.2, 0) is 6.54 Å². The van der Waals surface area contributed by atoms with Crippen molar-refractivity contribution in [3.8, 4) is 0 Å². The maximum atomic E-state index is 2.62. The lowest BCUT2D eigenvalue weighted by Gasteiger charge is -2.13. The van der Waals surface area contributed by atoms with Crippen LogP contribution in [0.3, 0.4) is 0 Å². The van der Waals surface area contributed by atoms with E-state index in [9.17, 15) is 0 Å². The van der Waals surface area contributed by atoms with Crippen molar-refractivity contribution in [1.29, 1.82) is 0 Å². The SMILES string of the molecule is CCCCCCCCn1c2cc([SH]3C=CC=C3)ccc2c2ccc([SH]3C=CC=C3)cc21. The Hall–Kier alpha value is -2.10. The van der Waals surface area contributed by atoms with Gasteiger partial charge in [0.2, 0.25) is 0 Å². The van der Waals surface area contributed by atoms with Crippen LogP contribution in [0.2, 0.25) is 0 Å². The maximum absolute atomic E-state index is 2.62. The zero-order valence-electron chi connectivity index (χ0n) is 18.4. The van der Waals surface area contributed by atoms with Gasteiger partial charge in [-0.3, -0.25) is 0 Å². The third-order valence-electron chi connectivity index (χ3n) is 6.37. The molecule has 2 aromatic carbocycles. The molecule has 31 heavy (non-hydrogen) atoms. The van der Waals surface area contributed by atoms with Gasteiger partial charge in [-0.2, -0.15) is 21.8 Å². The molecule has 2 aliphatic heterocycles. The first-order chi connectivity index (χ1) is 15.3. The number of hydrogen-bond acceptors (Lipinski definition) is 0. The summed E-state index contributed by atoms with van der Waals surface area (Å²) in [4.78, 5) is 2.93. The second-order valence-corrected chi connectivity index (χ2v) is 12.4. The van der Waals surface area contributed by atoms with Crippen molar-refractivity contribution in [2.45, 2.75) is 61.8 Å². The molecule has 0 saturated heterocycles. The number of aryl methyl sites for hydroxylation is 1. The van der Waals surface area contributed by atoms with Crippen molar-refractivity contribution >= 4 is 43.6 Å². The molecule has 0 N–H and O–H groups in total. The number of allylic oxidation sites excluding steroid dienone is 4. The normalized spacial score (nSPS) is 17.2. The molecule has 0 aliphatic carbocycles. The molecule has 0 atom stereocenters. The minimum atomic E-state index is -0.281. The van der Waals surface area contributed by atoms with Gasteiger partial charge in [-0.25, -0.2) is 0 Å². The van der Waals surface area contributed by atoms with Crippen LogP contribution < -0.4 is 0 Å². The third kappa shape index (κ3) is 4.31. The number of aromatic nitrogens is 1. The number of thiol groups is 2. The Kier molecular flexibility index (Phi) is 6.42. The Balaban J connectivity index is 1.53. The van der Waals surface area contributed by atoms with Crippen LogP contribution in [0.15, 0.2) is 92.1 Å². The summed E-state index contributed by atoms with van der Waals surface area (Å²) in [6.45, 7) is 3.41. The molecule has 0 amide bonds. The van der Waals surface area contributed by atoms with Crippen LogP contribution >= 0.6 is 21.8 Å². The van der Waals surface area contributed by atoms with Crippen molar-refractivity contribution < 1.29 is 0 Å². The van der Waals surface area contributed by atoms with Gasteiger partial charge in [0.15, 0.2) is 0 Å². The predicted molar refractivity (Wildman–Crippen MR) is 144 cm³/mol. The van der Waals surface area contributed by atoms with E-state index in [-0.39, 0.29) is 21.8 Å². The van der Waals surface area contributed by atoms with Gasteiger partial charge in [-0.15, -0.1) is 0 Å². The van der Waals surface area contributed by atoms with Gasteiger partial charge in [0.1, 0.15) is 0 Å².